The molecule has 1 aromatic rings. The average Bonchev–Trinajstić information content (AvgIpc) is 2.96. The van der Waals surface area contributed by atoms with Crippen LogP contribution in [0.15, 0.2) is 34.8 Å². The number of esters is 1. The first-order valence-corrected chi connectivity index (χ1v) is 7.70. The lowest BCUT2D eigenvalue weighted by molar-refractivity contribution is -0.147. The van der Waals surface area contributed by atoms with Crippen molar-refractivity contribution in [3.05, 3.63) is 40.4 Å². The fourth-order valence-electron chi connectivity index (χ4n) is 2.63. The minimum atomic E-state index is -2.90. The summed E-state index contributed by atoms with van der Waals surface area (Å²) in [4.78, 5) is 12.2. The van der Waals surface area contributed by atoms with Gasteiger partial charge < -0.3 is 9.47 Å². The third-order valence-corrected chi connectivity index (χ3v) is 4.23. The highest BCUT2D eigenvalue weighted by molar-refractivity contribution is 6.55. The molecule has 0 N–H and O–H groups in total. The molecule has 0 aliphatic heterocycles. The summed E-state index contributed by atoms with van der Waals surface area (Å²) >= 11 is 11.3. The van der Waals surface area contributed by atoms with Crippen molar-refractivity contribution in [1.82, 2.24) is 0 Å². The molecule has 0 amide bonds. The lowest BCUT2D eigenvalue weighted by atomic mass is 10.1. The third-order valence-electron chi connectivity index (χ3n) is 3.97. The fraction of sp³-hybridized carbons (Fsp3) is 0.438. The van der Waals surface area contributed by atoms with Crippen LogP contribution in [0.25, 0.3) is 0 Å². The second kappa shape index (κ2) is 7.05. The number of alkyl halides is 2. The van der Waals surface area contributed by atoms with Gasteiger partial charge in [0.05, 0.1) is 5.92 Å². The zero-order valence-electron chi connectivity index (χ0n) is 12.6. The molecule has 0 heterocycles. The molecule has 3 nitrogen and oxygen atoms in total. The summed E-state index contributed by atoms with van der Waals surface area (Å²) in [7, 11) is 0. The van der Waals surface area contributed by atoms with Crippen LogP contribution in [0.4, 0.5) is 8.78 Å². The number of halogens is 4. The van der Waals surface area contributed by atoms with E-state index in [4.69, 9.17) is 27.9 Å². The standard InChI is InChI=1S/C16H16Cl2F2O3/c1-16(2)11(7-12(17)18)13(16)14(21)22-8-9-4-3-5-10(6-9)23-15(19)20/h3-7,11,13,15H,8H2,1-2H3. The Balaban J connectivity index is 1.94. The van der Waals surface area contributed by atoms with E-state index in [1.165, 1.54) is 12.1 Å². The molecule has 2 rings (SSSR count). The second-order valence-corrected chi connectivity index (χ2v) is 6.92. The van der Waals surface area contributed by atoms with E-state index in [2.05, 4.69) is 4.74 Å². The predicted molar refractivity (Wildman–Crippen MR) is 83.4 cm³/mol. The average molecular weight is 365 g/mol. The summed E-state index contributed by atoms with van der Waals surface area (Å²) in [5.74, 6) is -0.745. The Kier molecular flexibility index (Phi) is 5.53. The molecular formula is C16H16Cl2F2O3. The molecular weight excluding hydrogens is 349 g/mol. The molecule has 1 aromatic carbocycles. The Morgan fingerprint density at radius 3 is 2.70 bits per heavy atom. The molecule has 1 fully saturated rings. The quantitative estimate of drug-likeness (QED) is 0.671. The first kappa shape index (κ1) is 18.0. The van der Waals surface area contributed by atoms with Crippen molar-refractivity contribution >= 4 is 29.2 Å². The van der Waals surface area contributed by atoms with Gasteiger partial charge in [-0.1, -0.05) is 49.2 Å². The Morgan fingerprint density at radius 1 is 1.39 bits per heavy atom. The lowest BCUT2D eigenvalue weighted by Gasteiger charge is -2.08. The maximum Gasteiger partial charge on any atom is 0.387 e. The highest BCUT2D eigenvalue weighted by Crippen LogP contribution is 2.60. The molecule has 1 aliphatic rings. The summed E-state index contributed by atoms with van der Waals surface area (Å²) in [6, 6.07) is 6.03. The van der Waals surface area contributed by atoms with Crippen LogP contribution in [0.1, 0.15) is 19.4 Å². The molecule has 0 saturated heterocycles. The number of benzene rings is 1. The van der Waals surface area contributed by atoms with Gasteiger partial charge in [0, 0.05) is 0 Å². The van der Waals surface area contributed by atoms with Gasteiger partial charge in [0.1, 0.15) is 16.8 Å². The van der Waals surface area contributed by atoms with E-state index >= 15 is 0 Å². The van der Waals surface area contributed by atoms with Crippen molar-refractivity contribution in [2.75, 3.05) is 0 Å². The van der Waals surface area contributed by atoms with Crippen molar-refractivity contribution in [1.29, 1.82) is 0 Å². The molecule has 0 aromatic heterocycles. The Morgan fingerprint density at radius 2 is 2.09 bits per heavy atom. The highest BCUT2D eigenvalue weighted by Gasteiger charge is 2.61. The minimum absolute atomic E-state index is 0.0170. The molecule has 23 heavy (non-hydrogen) atoms. The Hall–Kier alpha value is -1.33. The van der Waals surface area contributed by atoms with E-state index < -0.39 is 6.61 Å². The number of rotatable bonds is 6. The number of carbonyl (C=O) groups excluding carboxylic acids is 1. The third kappa shape index (κ3) is 4.58. The number of carbonyl (C=O) groups is 1. The molecule has 126 valence electrons. The van der Waals surface area contributed by atoms with Crippen molar-refractivity contribution in [2.45, 2.75) is 27.1 Å². The normalized spacial score (nSPS) is 21.7. The van der Waals surface area contributed by atoms with Crippen LogP contribution in [-0.2, 0) is 16.1 Å². The summed E-state index contributed by atoms with van der Waals surface area (Å²) in [5.41, 5.74) is 0.296. The first-order valence-electron chi connectivity index (χ1n) is 6.95. The van der Waals surface area contributed by atoms with Gasteiger partial charge in [-0.05, 0) is 35.1 Å². The maximum atomic E-state index is 12.2. The van der Waals surface area contributed by atoms with Gasteiger partial charge in [0.25, 0.3) is 0 Å². The zero-order chi connectivity index (χ0) is 17.2. The first-order chi connectivity index (χ1) is 10.7. The van der Waals surface area contributed by atoms with Gasteiger partial charge in [-0.15, -0.1) is 0 Å². The van der Waals surface area contributed by atoms with Crippen LogP contribution in [0, 0.1) is 17.3 Å². The molecule has 2 atom stereocenters. The van der Waals surface area contributed by atoms with Crippen LogP contribution < -0.4 is 4.74 Å². The molecule has 1 saturated carbocycles. The summed E-state index contributed by atoms with van der Waals surface area (Å²) in [6.45, 7) is 0.937. The van der Waals surface area contributed by atoms with Gasteiger partial charge >= 0.3 is 12.6 Å². The monoisotopic (exact) mass is 364 g/mol. The van der Waals surface area contributed by atoms with Crippen LogP contribution in [0.5, 0.6) is 5.75 Å². The highest BCUT2D eigenvalue weighted by atomic mass is 35.5. The number of ether oxygens (including phenoxy) is 2. The fourth-order valence-corrected chi connectivity index (χ4v) is 2.90. The van der Waals surface area contributed by atoms with Gasteiger partial charge in [0.15, 0.2) is 0 Å². The topological polar surface area (TPSA) is 35.5 Å². The second-order valence-electron chi connectivity index (χ2n) is 5.91. The van der Waals surface area contributed by atoms with E-state index in [0.717, 1.165) is 0 Å². The van der Waals surface area contributed by atoms with E-state index in [1.807, 2.05) is 13.8 Å². The van der Waals surface area contributed by atoms with Gasteiger partial charge in [0.2, 0.25) is 0 Å². The molecule has 7 heteroatoms. The number of hydrogen-bond acceptors (Lipinski definition) is 3. The maximum absolute atomic E-state index is 12.2. The van der Waals surface area contributed by atoms with E-state index in [-0.39, 0.29) is 40.1 Å². The van der Waals surface area contributed by atoms with Gasteiger partial charge in [-0.3, -0.25) is 4.79 Å². The predicted octanol–water partition coefficient (Wildman–Crippen LogP) is 4.92. The summed E-state index contributed by atoms with van der Waals surface area (Å²) in [6.07, 6.45) is 1.63. The van der Waals surface area contributed by atoms with Crippen molar-refractivity contribution in [3.8, 4) is 5.75 Å². The van der Waals surface area contributed by atoms with Crippen molar-refractivity contribution in [3.63, 3.8) is 0 Å². The molecule has 0 radical (unpaired) electrons. The van der Waals surface area contributed by atoms with Crippen LogP contribution in [0.2, 0.25) is 0 Å². The number of hydrogen-bond donors (Lipinski definition) is 0. The number of allylic oxidation sites excluding steroid dienone is 1. The molecule has 0 spiro atoms. The van der Waals surface area contributed by atoms with Gasteiger partial charge in [-0.25, -0.2) is 0 Å². The smallest absolute Gasteiger partial charge is 0.387 e. The van der Waals surface area contributed by atoms with Crippen molar-refractivity contribution < 1.29 is 23.0 Å². The van der Waals surface area contributed by atoms with Crippen molar-refractivity contribution in [2.24, 2.45) is 17.3 Å². The largest absolute Gasteiger partial charge is 0.461 e. The lowest BCUT2D eigenvalue weighted by Crippen LogP contribution is -2.11. The Bertz CT molecular complexity index is 613. The van der Waals surface area contributed by atoms with Crippen LogP contribution in [0.3, 0.4) is 0 Å². The zero-order valence-corrected chi connectivity index (χ0v) is 14.1. The van der Waals surface area contributed by atoms with E-state index in [1.54, 1.807) is 18.2 Å². The Labute approximate surface area is 143 Å². The molecule has 2 unspecified atom stereocenters. The van der Waals surface area contributed by atoms with E-state index in [0.29, 0.717) is 5.56 Å². The molecule has 0 bridgehead atoms. The van der Waals surface area contributed by atoms with E-state index in [9.17, 15) is 13.6 Å². The SMILES string of the molecule is CC1(C)C(C=C(Cl)Cl)C1C(=O)OCc1cccc(OC(F)F)c1. The van der Waals surface area contributed by atoms with Crippen LogP contribution in [-0.4, -0.2) is 12.6 Å². The van der Waals surface area contributed by atoms with Crippen LogP contribution >= 0.6 is 23.2 Å². The summed E-state index contributed by atoms with van der Waals surface area (Å²) < 4.78 is 34.0. The minimum Gasteiger partial charge on any atom is -0.461 e. The molecule has 1 aliphatic carbocycles. The summed E-state index contributed by atoms with van der Waals surface area (Å²) in [5, 5.41) is 0. The van der Waals surface area contributed by atoms with Gasteiger partial charge in [-0.2, -0.15) is 8.78 Å².